The Morgan fingerprint density at radius 1 is 0.950 bits per heavy atom. The molecule has 0 amide bonds. The minimum Gasteiger partial charge on any atom is -0.543 e. The lowest BCUT2D eigenvalue weighted by atomic mass is 10.2. The first-order valence-corrected chi connectivity index (χ1v) is 13.6. The summed E-state index contributed by atoms with van der Waals surface area (Å²) in [5, 5.41) is 0.201. The molecule has 1 rings (SSSR count). The molecule has 0 saturated heterocycles. The summed E-state index contributed by atoms with van der Waals surface area (Å²) in [6.45, 7) is 18.1. The Balaban J connectivity index is 3.12. The molecular formula is C17H28OSi2. The first-order chi connectivity index (χ1) is 8.92. The molecule has 0 N–H and O–H groups in total. The van der Waals surface area contributed by atoms with Crippen LogP contribution in [0.5, 0.6) is 5.75 Å². The predicted octanol–water partition coefficient (Wildman–Crippen LogP) is 5.30. The van der Waals surface area contributed by atoms with Gasteiger partial charge < -0.3 is 4.43 Å². The molecule has 1 aromatic carbocycles. The Hall–Kier alpha value is -0.986. The summed E-state index contributed by atoms with van der Waals surface area (Å²) >= 11 is 0. The fourth-order valence-electron chi connectivity index (χ4n) is 1.34. The van der Waals surface area contributed by atoms with Crippen LogP contribution in [0.2, 0.25) is 37.8 Å². The molecule has 0 aliphatic heterocycles. The number of benzene rings is 1. The third-order valence-electron chi connectivity index (χ3n) is 3.63. The van der Waals surface area contributed by atoms with Crippen molar-refractivity contribution in [1.29, 1.82) is 0 Å². The number of hydrogen-bond acceptors (Lipinski definition) is 1. The van der Waals surface area contributed by atoms with Crippen LogP contribution in [0.3, 0.4) is 0 Å². The van der Waals surface area contributed by atoms with Crippen LogP contribution >= 0.6 is 0 Å². The first-order valence-electron chi connectivity index (χ1n) is 7.24. The second kappa shape index (κ2) is 5.79. The van der Waals surface area contributed by atoms with Crippen molar-refractivity contribution < 1.29 is 4.43 Å². The van der Waals surface area contributed by atoms with Crippen molar-refractivity contribution in [3.8, 4) is 17.2 Å². The predicted molar refractivity (Wildman–Crippen MR) is 94.5 cm³/mol. The largest absolute Gasteiger partial charge is 0.543 e. The Labute approximate surface area is 126 Å². The Bertz CT molecular complexity index is 522. The fraction of sp³-hybridized carbons (Fsp3) is 0.529. The second-order valence-corrected chi connectivity index (χ2v) is 17.3. The smallest absolute Gasteiger partial charge is 0.250 e. The van der Waals surface area contributed by atoms with Gasteiger partial charge in [0, 0.05) is 0 Å². The standard InChI is InChI=1S/C17H28OSi2/c1-17(2,3)20(7,8)18-16-12-10-9-11-15(16)13-14-19(4,5)6/h9-12H,1-8H3. The zero-order valence-corrected chi connectivity index (χ0v) is 16.2. The van der Waals surface area contributed by atoms with Gasteiger partial charge in [-0.2, -0.15) is 0 Å². The molecule has 1 nitrogen and oxygen atoms in total. The van der Waals surface area contributed by atoms with Crippen molar-refractivity contribution in [3.05, 3.63) is 29.8 Å². The van der Waals surface area contributed by atoms with Crippen molar-refractivity contribution in [1.82, 2.24) is 0 Å². The maximum atomic E-state index is 6.41. The Morgan fingerprint density at radius 3 is 2.00 bits per heavy atom. The summed E-state index contributed by atoms with van der Waals surface area (Å²) < 4.78 is 6.41. The van der Waals surface area contributed by atoms with Crippen molar-refractivity contribution in [2.45, 2.75) is 58.5 Å². The SMILES string of the molecule is CC(C)(C)[Si](C)(C)Oc1ccccc1C#C[Si](C)(C)C. The second-order valence-electron chi connectivity index (χ2n) is 7.86. The van der Waals surface area contributed by atoms with Crippen molar-refractivity contribution in [3.63, 3.8) is 0 Å². The van der Waals surface area contributed by atoms with E-state index in [1.165, 1.54) is 0 Å². The highest BCUT2D eigenvalue weighted by Crippen LogP contribution is 2.38. The van der Waals surface area contributed by atoms with Gasteiger partial charge in [0.2, 0.25) is 0 Å². The van der Waals surface area contributed by atoms with E-state index in [1.54, 1.807) is 0 Å². The molecular weight excluding hydrogens is 276 g/mol. The normalized spacial score (nSPS) is 12.6. The molecule has 0 aliphatic rings. The van der Waals surface area contributed by atoms with Gasteiger partial charge in [-0.15, -0.1) is 5.54 Å². The summed E-state index contributed by atoms with van der Waals surface area (Å²) in [5.41, 5.74) is 4.45. The Morgan fingerprint density at radius 2 is 1.50 bits per heavy atom. The molecule has 0 fully saturated rings. The van der Waals surface area contributed by atoms with Crippen LogP contribution in [-0.4, -0.2) is 16.4 Å². The molecule has 0 heterocycles. The van der Waals surface area contributed by atoms with Gasteiger partial charge in [0.25, 0.3) is 8.32 Å². The van der Waals surface area contributed by atoms with E-state index in [9.17, 15) is 0 Å². The van der Waals surface area contributed by atoms with Crippen molar-refractivity contribution in [2.75, 3.05) is 0 Å². The third-order valence-corrected chi connectivity index (χ3v) is 8.85. The third kappa shape index (κ3) is 4.84. The average Bonchev–Trinajstić information content (AvgIpc) is 2.24. The summed E-state index contributed by atoms with van der Waals surface area (Å²) in [6.07, 6.45) is 0. The van der Waals surface area contributed by atoms with Crippen LogP contribution in [0.1, 0.15) is 26.3 Å². The molecule has 0 aromatic heterocycles. The molecule has 3 heteroatoms. The van der Waals surface area contributed by atoms with Gasteiger partial charge >= 0.3 is 0 Å². The molecule has 110 valence electrons. The topological polar surface area (TPSA) is 9.23 Å². The minimum atomic E-state index is -1.81. The molecule has 0 spiro atoms. The fourth-order valence-corrected chi connectivity index (χ4v) is 2.89. The number of rotatable bonds is 2. The van der Waals surface area contributed by atoms with E-state index >= 15 is 0 Å². The zero-order valence-electron chi connectivity index (χ0n) is 14.2. The van der Waals surface area contributed by atoms with Crippen LogP contribution in [0, 0.1) is 11.5 Å². The molecule has 0 atom stereocenters. The maximum Gasteiger partial charge on any atom is 0.250 e. The van der Waals surface area contributed by atoms with Crippen LogP contribution in [0.25, 0.3) is 0 Å². The van der Waals surface area contributed by atoms with Gasteiger partial charge in [-0.05, 0) is 30.3 Å². The molecule has 0 unspecified atom stereocenters. The lowest BCUT2D eigenvalue weighted by molar-refractivity contribution is 0.491. The molecule has 0 saturated carbocycles. The lowest BCUT2D eigenvalue weighted by Crippen LogP contribution is -2.44. The number of hydrogen-bond donors (Lipinski definition) is 0. The summed E-state index contributed by atoms with van der Waals surface area (Å²) in [6, 6.07) is 8.18. The van der Waals surface area contributed by atoms with E-state index in [2.05, 4.69) is 77.1 Å². The molecule has 0 bridgehead atoms. The molecule has 0 radical (unpaired) electrons. The van der Waals surface area contributed by atoms with Gasteiger partial charge in [-0.25, -0.2) is 0 Å². The molecule has 0 aliphatic carbocycles. The van der Waals surface area contributed by atoms with Crippen LogP contribution in [-0.2, 0) is 0 Å². The average molecular weight is 305 g/mol. The summed E-state index contributed by atoms with van der Waals surface area (Å²) in [7, 11) is -3.17. The van der Waals surface area contributed by atoms with E-state index in [0.29, 0.717) is 0 Å². The highest BCUT2D eigenvalue weighted by molar-refractivity contribution is 6.83. The van der Waals surface area contributed by atoms with Crippen LogP contribution < -0.4 is 4.43 Å². The minimum absolute atomic E-state index is 0.201. The van der Waals surface area contributed by atoms with Gasteiger partial charge in [-0.3, -0.25) is 0 Å². The monoisotopic (exact) mass is 304 g/mol. The zero-order chi connectivity index (χ0) is 15.6. The van der Waals surface area contributed by atoms with Gasteiger partial charge in [0.05, 0.1) is 5.56 Å². The highest BCUT2D eigenvalue weighted by atomic mass is 28.4. The van der Waals surface area contributed by atoms with E-state index in [0.717, 1.165) is 11.3 Å². The van der Waals surface area contributed by atoms with Gasteiger partial charge in [0.15, 0.2) is 0 Å². The first kappa shape index (κ1) is 17.1. The lowest BCUT2D eigenvalue weighted by Gasteiger charge is -2.36. The van der Waals surface area contributed by atoms with E-state index in [-0.39, 0.29) is 5.04 Å². The maximum absolute atomic E-state index is 6.41. The number of para-hydroxylation sites is 1. The molecule has 1 aromatic rings. The Kier molecular flexibility index (Phi) is 4.94. The summed E-state index contributed by atoms with van der Waals surface area (Å²) in [5.74, 6) is 4.29. The van der Waals surface area contributed by atoms with E-state index in [4.69, 9.17) is 4.43 Å². The highest BCUT2D eigenvalue weighted by Gasteiger charge is 2.39. The van der Waals surface area contributed by atoms with Crippen LogP contribution in [0.15, 0.2) is 24.3 Å². The van der Waals surface area contributed by atoms with Crippen molar-refractivity contribution in [2.24, 2.45) is 0 Å². The quantitative estimate of drug-likeness (QED) is 0.532. The van der Waals surface area contributed by atoms with Crippen molar-refractivity contribution >= 4 is 16.4 Å². The molecule has 20 heavy (non-hydrogen) atoms. The van der Waals surface area contributed by atoms with E-state index in [1.807, 2.05) is 12.1 Å². The van der Waals surface area contributed by atoms with Gasteiger partial charge in [-0.1, -0.05) is 58.5 Å². The van der Waals surface area contributed by atoms with E-state index < -0.39 is 16.4 Å². The van der Waals surface area contributed by atoms with Gasteiger partial charge in [0.1, 0.15) is 13.8 Å². The van der Waals surface area contributed by atoms with Crippen LogP contribution in [0.4, 0.5) is 0 Å². The summed E-state index contributed by atoms with van der Waals surface area (Å²) in [4.78, 5) is 0.